The van der Waals surface area contributed by atoms with Gasteiger partial charge in [-0.1, -0.05) is 6.92 Å². The maximum absolute atomic E-state index is 13.6. The normalized spacial score (nSPS) is 18.3. The van der Waals surface area contributed by atoms with Crippen LogP contribution in [0.3, 0.4) is 0 Å². The summed E-state index contributed by atoms with van der Waals surface area (Å²) < 4.78 is 42.3. The van der Waals surface area contributed by atoms with Crippen LogP contribution in [-0.2, 0) is 4.79 Å². The number of alkyl halides is 3. The summed E-state index contributed by atoms with van der Waals surface area (Å²) in [5, 5.41) is 14.3. The summed E-state index contributed by atoms with van der Waals surface area (Å²) in [6.45, 7) is 0.526. The van der Waals surface area contributed by atoms with Gasteiger partial charge in [0.15, 0.2) is 5.65 Å². The van der Waals surface area contributed by atoms with Gasteiger partial charge in [0, 0.05) is 34.1 Å². The van der Waals surface area contributed by atoms with E-state index >= 15 is 0 Å². The number of nitrogens with zero attached hydrogens (tertiary/aromatic N) is 4. The summed E-state index contributed by atoms with van der Waals surface area (Å²) >= 11 is 2.20. The van der Waals surface area contributed by atoms with Crippen molar-refractivity contribution in [1.29, 1.82) is 0 Å². The quantitative estimate of drug-likeness (QED) is 0.293. The Balaban J connectivity index is 1.50. The minimum atomic E-state index is -4.68. The predicted octanol–water partition coefficient (Wildman–Crippen LogP) is 6.61. The minimum Gasteiger partial charge on any atom is -0.477 e. The molecule has 0 bridgehead atoms. The van der Waals surface area contributed by atoms with E-state index in [4.69, 9.17) is 0 Å². The van der Waals surface area contributed by atoms with Crippen LogP contribution >= 0.6 is 22.7 Å². The van der Waals surface area contributed by atoms with Gasteiger partial charge in [-0.15, -0.1) is 22.7 Å². The van der Waals surface area contributed by atoms with E-state index in [0.717, 1.165) is 29.1 Å². The molecule has 1 N–H and O–H groups in total. The molecule has 1 saturated carbocycles. The molecule has 12 heteroatoms. The summed E-state index contributed by atoms with van der Waals surface area (Å²) in [5.41, 5.74) is 1.13. The van der Waals surface area contributed by atoms with E-state index in [1.165, 1.54) is 17.4 Å². The smallest absolute Gasteiger partial charge is 0.406 e. The first kappa shape index (κ1) is 25.4. The monoisotopic (exact) mass is 548 g/mol. The Morgan fingerprint density at radius 3 is 2.51 bits per heavy atom. The second-order valence-corrected chi connectivity index (χ2v) is 11.4. The molecule has 7 nitrogen and oxygen atoms in total. The van der Waals surface area contributed by atoms with Crippen LogP contribution in [0.4, 0.5) is 18.9 Å². The third kappa shape index (κ3) is 5.40. The van der Waals surface area contributed by atoms with Crippen molar-refractivity contribution < 1.29 is 27.9 Å². The van der Waals surface area contributed by atoms with Gasteiger partial charge in [0.2, 0.25) is 5.91 Å². The van der Waals surface area contributed by atoms with Gasteiger partial charge in [-0.2, -0.15) is 18.3 Å². The number of carbonyl (C=O) groups is 2. The molecular weight excluding hydrogens is 525 g/mol. The first-order chi connectivity index (χ1) is 17.6. The van der Waals surface area contributed by atoms with Gasteiger partial charge in [0.05, 0.1) is 10.6 Å². The van der Waals surface area contributed by atoms with E-state index < -0.39 is 30.5 Å². The SMILES string of the molecule is CC1CCC(C(=O)N(CC(F)(F)F)c2cc(-c3ccc(-c4cc5ncccn5n4)s3)sc2C(=O)O)CC1. The van der Waals surface area contributed by atoms with Crippen LogP contribution in [0, 0.1) is 11.8 Å². The van der Waals surface area contributed by atoms with E-state index in [2.05, 4.69) is 17.0 Å². The number of hydrogen-bond donors (Lipinski definition) is 1. The van der Waals surface area contributed by atoms with Crippen molar-refractivity contribution >= 4 is 45.9 Å². The molecule has 0 saturated heterocycles. The average Bonchev–Trinajstić information content (AvgIpc) is 3.59. The lowest BCUT2D eigenvalue weighted by molar-refractivity contribution is -0.135. The van der Waals surface area contributed by atoms with Crippen LogP contribution in [0.1, 0.15) is 42.3 Å². The number of carboxylic acids is 1. The molecule has 4 aromatic heterocycles. The highest BCUT2D eigenvalue weighted by atomic mass is 32.1. The van der Waals surface area contributed by atoms with Gasteiger partial charge >= 0.3 is 12.1 Å². The second kappa shape index (κ2) is 9.90. The van der Waals surface area contributed by atoms with E-state index in [-0.39, 0.29) is 10.6 Å². The second-order valence-electron chi connectivity index (χ2n) is 9.24. The Labute approximate surface area is 218 Å². The van der Waals surface area contributed by atoms with Crippen molar-refractivity contribution in [2.75, 3.05) is 11.4 Å². The van der Waals surface area contributed by atoms with Crippen LogP contribution in [0.5, 0.6) is 0 Å². The Morgan fingerprint density at radius 2 is 1.84 bits per heavy atom. The first-order valence-electron chi connectivity index (χ1n) is 11.8. The van der Waals surface area contributed by atoms with Crippen LogP contribution in [0.2, 0.25) is 0 Å². The number of carbonyl (C=O) groups excluding carboxylic acids is 1. The largest absolute Gasteiger partial charge is 0.477 e. The number of anilines is 1. The topological polar surface area (TPSA) is 87.8 Å². The number of amides is 1. The van der Waals surface area contributed by atoms with Gasteiger partial charge in [-0.25, -0.2) is 14.3 Å². The number of thiophene rings is 2. The van der Waals surface area contributed by atoms with E-state index in [0.29, 0.717) is 44.8 Å². The van der Waals surface area contributed by atoms with Crippen LogP contribution < -0.4 is 4.90 Å². The lowest BCUT2D eigenvalue weighted by atomic mass is 9.82. The molecule has 1 aliphatic rings. The van der Waals surface area contributed by atoms with Crippen LogP contribution in [0.25, 0.3) is 26.0 Å². The molecule has 1 amide bonds. The number of rotatable bonds is 6. The third-order valence-corrected chi connectivity index (χ3v) is 8.92. The number of halogens is 3. The molecule has 1 fully saturated rings. The molecule has 5 rings (SSSR count). The van der Waals surface area contributed by atoms with Crippen molar-refractivity contribution in [2.45, 2.75) is 38.8 Å². The van der Waals surface area contributed by atoms with Crippen molar-refractivity contribution in [2.24, 2.45) is 11.8 Å². The van der Waals surface area contributed by atoms with Gasteiger partial charge < -0.3 is 10.0 Å². The number of carboxylic acid groups (broad SMARTS) is 1. The van der Waals surface area contributed by atoms with Crippen LogP contribution in [0.15, 0.2) is 42.7 Å². The molecule has 194 valence electrons. The number of aromatic carboxylic acids is 1. The Kier molecular flexibility index (Phi) is 6.80. The summed E-state index contributed by atoms with van der Waals surface area (Å²) in [7, 11) is 0. The third-order valence-electron chi connectivity index (χ3n) is 6.50. The number of fused-ring (bicyclic) bond motifs is 1. The molecular formula is C25H23F3N4O3S2. The highest BCUT2D eigenvalue weighted by molar-refractivity contribution is 7.24. The number of hydrogen-bond acceptors (Lipinski definition) is 6. The van der Waals surface area contributed by atoms with Crippen molar-refractivity contribution in [3.63, 3.8) is 0 Å². The van der Waals surface area contributed by atoms with Crippen LogP contribution in [-0.4, -0.2) is 44.3 Å². The molecule has 4 aromatic rings. The summed E-state index contributed by atoms with van der Waals surface area (Å²) in [4.78, 5) is 31.9. The molecule has 4 heterocycles. The fourth-order valence-corrected chi connectivity index (χ4v) is 6.65. The minimum absolute atomic E-state index is 0.208. The molecule has 1 aliphatic carbocycles. The van der Waals surface area contributed by atoms with Crippen molar-refractivity contribution in [3.8, 4) is 20.3 Å². The predicted molar refractivity (Wildman–Crippen MR) is 136 cm³/mol. The van der Waals surface area contributed by atoms with E-state index in [1.54, 1.807) is 29.0 Å². The maximum atomic E-state index is 13.6. The zero-order valence-corrected chi connectivity index (χ0v) is 21.4. The van der Waals surface area contributed by atoms with Gasteiger partial charge in [-0.05, 0) is 55.9 Å². The summed E-state index contributed by atoms with van der Waals surface area (Å²) in [6.07, 6.45) is 1.25. The fraction of sp³-hybridized carbons (Fsp3) is 0.360. The zero-order chi connectivity index (χ0) is 26.3. The van der Waals surface area contributed by atoms with Gasteiger partial charge in [0.25, 0.3) is 0 Å². The molecule has 0 unspecified atom stereocenters. The Morgan fingerprint density at radius 1 is 1.11 bits per heavy atom. The molecule has 37 heavy (non-hydrogen) atoms. The highest BCUT2D eigenvalue weighted by Gasteiger charge is 2.39. The fourth-order valence-electron chi connectivity index (χ4n) is 4.60. The average molecular weight is 549 g/mol. The van der Waals surface area contributed by atoms with Gasteiger partial charge in [0.1, 0.15) is 17.1 Å². The molecule has 0 aliphatic heterocycles. The Bertz CT molecular complexity index is 1420. The number of aromatic nitrogens is 3. The van der Waals surface area contributed by atoms with Crippen molar-refractivity contribution in [3.05, 3.63) is 47.6 Å². The highest BCUT2D eigenvalue weighted by Crippen LogP contribution is 2.43. The van der Waals surface area contributed by atoms with E-state index in [9.17, 15) is 27.9 Å². The first-order valence-corrected chi connectivity index (χ1v) is 13.4. The molecule has 0 spiro atoms. The molecule has 0 aromatic carbocycles. The van der Waals surface area contributed by atoms with Crippen molar-refractivity contribution in [1.82, 2.24) is 14.6 Å². The standard InChI is InChI=1S/C25H23F3N4O3S2/c1-14-3-5-15(6-4-14)23(33)31(13-25(26,27)28)17-12-20(37-22(17)24(34)35)19-8-7-18(36-19)16-11-21-29-9-2-10-32(21)30-16/h2,7-12,14-15H,3-6,13H2,1H3,(H,34,35). The summed E-state index contributed by atoms with van der Waals surface area (Å²) in [6, 6.07) is 8.56. The lowest BCUT2D eigenvalue weighted by Gasteiger charge is -2.31. The van der Waals surface area contributed by atoms with Gasteiger partial charge in [-0.3, -0.25) is 4.79 Å². The lowest BCUT2D eigenvalue weighted by Crippen LogP contribution is -2.43. The van der Waals surface area contributed by atoms with E-state index in [1.807, 2.05) is 12.1 Å². The zero-order valence-electron chi connectivity index (χ0n) is 19.7. The molecule has 0 radical (unpaired) electrons. The summed E-state index contributed by atoms with van der Waals surface area (Å²) in [5.74, 6) is -2.17. The maximum Gasteiger partial charge on any atom is 0.406 e. The molecule has 0 atom stereocenters. The Hall–Kier alpha value is -3.25.